The smallest absolute Gasteiger partial charge is 0.294 e. The van der Waals surface area contributed by atoms with Crippen LogP contribution in [-0.4, -0.2) is 23.1 Å². The second-order valence-corrected chi connectivity index (χ2v) is 9.46. The van der Waals surface area contributed by atoms with Crippen molar-refractivity contribution in [1.82, 2.24) is 4.98 Å². The lowest BCUT2D eigenvalue weighted by Crippen LogP contribution is -2.14. The Morgan fingerprint density at radius 2 is 1.39 bits per heavy atom. The molecule has 0 aliphatic carbocycles. The fourth-order valence-corrected chi connectivity index (χ4v) is 3.54. The normalized spacial score (nSPS) is 11.8. The lowest BCUT2D eigenvalue weighted by Gasteiger charge is -2.13. The molecule has 7 nitrogen and oxygen atoms in total. The maximum Gasteiger partial charge on any atom is 0.294 e. The van der Waals surface area contributed by atoms with Gasteiger partial charge in [-0.2, -0.15) is 0 Å². The molecule has 0 unspecified atom stereocenters. The number of allylic oxidation sites excluding steroid dienone is 6. The Balaban J connectivity index is 2.30. The third kappa shape index (κ3) is 9.21. The van der Waals surface area contributed by atoms with Crippen molar-refractivity contribution < 1.29 is 14.4 Å². The average Bonchev–Trinajstić information content (AvgIpc) is 2.79. The van der Waals surface area contributed by atoms with Gasteiger partial charge < -0.3 is 14.5 Å². The van der Waals surface area contributed by atoms with E-state index in [-0.39, 0.29) is 30.4 Å². The third-order valence-electron chi connectivity index (χ3n) is 5.62. The summed E-state index contributed by atoms with van der Waals surface area (Å²) in [5, 5.41) is 11.8. The highest BCUT2D eigenvalue weighted by atomic mass is 16.6. The number of pyridine rings is 1. The van der Waals surface area contributed by atoms with Crippen LogP contribution in [-0.2, 0) is 0 Å². The molecule has 2 rings (SSSR count). The van der Waals surface area contributed by atoms with E-state index in [9.17, 15) is 14.9 Å². The molecule has 1 heterocycles. The highest BCUT2D eigenvalue weighted by molar-refractivity contribution is 5.88. The van der Waals surface area contributed by atoms with Crippen molar-refractivity contribution in [2.45, 2.75) is 67.2 Å². The molecule has 36 heavy (non-hydrogen) atoms. The standard InChI is InChI=1S/C29H38N2O5/c1-20(2)9-7-11-22(5)15-17-35-27-25-14-13-24(31(33)34)19-26(25)30-29(32)28(27)36-18-16-23(6)12-8-10-21(3)4/h9-10,13-16,19H,7-8,11-12,17-18H2,1-6H3,(H,30,32). The Labute approximate surface area is 213 Å². The number of non-ortho nitro benzene ring substituents is 1. The molecule has 7 heteroatoms. The maximum atomic E-state index is 12.9. The zero-order chi connectivity index (χ0) is 26.7. The number of nitro benzene ring substituents is 1. The molecule has 2 aromatic rings. The van der Waals surface area contributed by atoms with Crippen LogP contribution in [0.3, 0.4) is 0 Å². The van der Waals surface area contributed by atoms with Crippen molar-refractivity contribution in [3.05, 3.63) is 85.3 Å². The summed E-state index contributed by atoms with van der Waals surface area (Å²) in [7, 11) is 0. The van der Waals surface area contributed by atoms with Gasteiger partial charge in [0.05, 0.1) is 10.4 Å². The number of hydrogen-bond acceptors (Lipinski definition) is 5. The van der Waals surface area contributed by atoms with E-state index in [2.05, 4.69) is 44.8 Å². The molecule has 0 saturated carbocycles. The fourth-order valence-electron chi connectivity index (χ4n) is 3.54. The molecule has 0 aliphatic rings. The predicted octanol–water partition coefficient (Wildman–Crippen LogP) is 7.58. The maximum absolute atomic E-state index is 12.9. The second-order valence-electron chi connectivity index (χ2n) is 9.46. The highest BCUT2D eigenvalue weighted by Crippen LogP contribution is 2.33. The molecule has 0 fully saturated rings. The summed E-state index contributed by atoms with van der Waals surface area (Å²) in [6.45, 7) is 12.8. The Morgan fingerprint density at radius 1 is 0.861 bits per heavy atom. The van der Waals surface area contributed by atoms with Crippen LogP contribution in [0.15, 0.2) is 69.6 Å². The van der Waals surface area contributed by atoms with Crippen LogP contribution in [0.1, 0.15) is 67.2 Å². The van der Waals surface area contributed by atoms with E-state index < -0.39 is 10.5 Å². The van der Waals surface area contributed by atoms with Crippen molar-refractivity contribution in [3.63, 3.8) is 0 Å². The summed E-state index contributed by atoms with van der Waals surface area (Å²) in [5.74, 6) is 0.355. The number of benzene rings is 1. The minimum absolute atomic E-state index is 0.0697. The van der Waals surface area contributed by atoms with Gasteiger partial charge in [0.15, 0.2) is 5.75 Å². The second kappa shape index (κ2) is 14.1. The first kappa shape index (κ1) is 28.6. The van der Waals surface area contributed by atoms with Gasteiger partial charge in [0.1, 0.15) is 13.2 Å². The summed E-state index contributed by atoms with van der Waals surface area (Å²) >= 11 is 0. The van der Waals surface area contributed by atoms with Gasteiger partial charge in [-0.25, -0.2) is 0 Å². The van der Waals surface area contributed by atoms with Gasteiger partial charge in [-0.3, -0.25) is 14.9 Å². The van der Waals surface area contributed by atoms with E-state index in [1.165, 1.54) is 28.9 Å². The first-order valence-electron chi connectivity index (χ1n) is 12.3. The van der Waals surface area contributed by atoms with E-state index in [1.54, 1.807) is 6.07 Å². The largest absolute Gasteiger partial charge is 0.485 e. The Kier molecular flexibility index (Phi) is 11.2. The van der Waals surface area contributed by atoms with Gasteiger partial charge in [-0.05, 0) is 85.4 Å². The zero-order valence-electron chi connectivity index (χ0n) is 22.3. The molecule has 194 valence electrons. The number of rotatable bonds is 13. The number of nitrogens with one attached hydrogen (secondary N) is 1. The topological polar surface area (TPSA) is 94.5 Å². The van der Waals surface area contributed by atoms with Crippen LogP contribution in [0.2, 0.25) is 0 Å². The molecule has 0 radical (unpaired) electrons. The van der Waals surface area contributed by atoms with Gasteiger partial charge in [-0.15, -0.1) is 0 Å². The number of fused-ring (bicyclic) bond motifs is 1. The van der Waals surface area contributed by atoms with Crippen LogP contribution in [0.5, 0.6) is 11.5 Å². The van der Waals surface area contributed by atoms with Crippen LogP contribution < -0.4 is 15.0 Å². The molecule has 0 aliphatic heterocycles. The van der Waals surface area contributed by atoms with Crippen molar-refractivity contribution in [3.8, 4) is 11.5 Å². The minimum Gasteiger partial charge on any atom is -0.485 e. The van der Waals surface area contributed by atoms with E-state index >= 15 is 0 Å². The Morgan fingerprint density at radius 3 is 1.89 bits per heavy atom. The van der Waals surface area contributed by atoms with Crippen molar-refractivity contribution >= 4 is 16.6 Å². The number of H-pyrrole nitrogens is 1. The average molecular weight is 495 g/mol. The molecule has 1 aromatic heterocycles. The first-order valence-corrected chi connectivity index (χ1v) is 12.3. The summed E-state index contributed by atoms with van der Waals surface area (Å²) in [6.07, 6.45) is 12.0. The van der Waals surface area contributed by atoms with E-state index in [1.807, 2.05) is 26.0 Å². The lowest BCUT2D eigenvalue weighted by molar-refractivity contribution is -0.384. The Hall–Kier alpha value is -3.61. The monoisotopic (exact) mass is 494 g/mol. The molecule has 0 amide bonds. The molecule has 0 saturated heterocycles. The van der Waals surface area contributed by atoms with Crippen LogP contribution in [0, 0.1) is 10.1 Å². The molecule has 1 N–H and O–H groups in total. The predicted molar refractivity (Wildman–Crippen MR) is 147 cm³/mol. The number of ether oxygens (including phenoxy) is 2. The zero-order valence-corrected chi connectivity index (χ0v) is 22.3. The third-order valence-corrected chi connectivity index (χ3v) is 5.62. The van der Waals surface area contributed by atoms with Gasteiger partial charge >= 0.3 is 0 Å². The van der Waals surface area contributed by atoms with Crippen LogP contribution >= 0.6 is 0 Å². The number of nitrogens with zero attached hydrogens (tertiary/aromatic N) is 1. The summed E-state index contributed by atoms with van der Waals surface area (Å²) in [5.41, 5.74) is 4.64. The van der Waals surface area contributed by atoms with Gasteiger partial charge in [0, 0.05) is 17.5 Å². The SMILES string of the molecule is CC(C)=CCCC(C)=CCOc1c(OCC=C(C)CCC=C(C)C)c2ccc([N+](=O)[O-])cc2[nH]c1=O. The quantitative estimate of drug-likeness (QED) is 0.176. The minimum atomic E-state index is -0.496. The van der Waals surface area contributed by atoms with Gasteiger partial charge in [-0.1, -0.05) is 34.4 Å². The first-order chi connectivity index (χ1) is 17.1. The van der Waals surface area contributed by atoms with Gasteiger partial charge in [0.25, 0.3) is 11.2 Å². The van der Waals surface area contributed by atoms with Crippen LogP contribution in [0.25, 0.3) is 10.9 Å². The summed E-state index contributed by atoms with van der Waals surface area (Å²) < 4.78 is 11.9. The molecular formula is C29H38N2O5. The lowest BCUT2D eigenvalue weighted by atomic mass is 10.1. The van der Waals surface area contributed by atoms with Crippen LogP contribution in [0.4, 0.5) is 5.69 Å². The molecular weight excluding hydrogens is 456 g/mol. The fraction of sp³-hybridized carbons (Fsp3) is 0.414. The number of aromatic nitrogens is 1. The van der Waals surface area contributed by atoms with E-state index in [0.717, 1.165) is 31.3 Å². The summed E-state index contributed by atoms with van der Waals surface area (Å²) in [4.78, 5) is 26.3. The number of hydrogen-bond donors (Lipinski definition) is 1. The summed E-state index contributed by atoms with van der Waals surface area (Å²) in [6, 6.07) is 4.31. The van der Waals surface area contributed by atoms with Crippen molar-refractivity contribution in [1.29, 1.82) is 0 Å². The Bertz CT molecular complexity index is 1240. The number of nitro groups is 1. The number of aromatic amines is 1. The van der Waals surface area contributed by atoms with E-state index in [0.29, 0.717) is 10.9 Å². The molecule has 0 spiro atoms. The van der Waals surface area contributed by atoms with E-state index in [4.69, 9.17) is 9.47 Å². The highest BCUT2D eigenvalue weighted by Gasteiger charge is 2.18. The molecule has 0 atom stereocenters. The van der Waals surface area contributed by atoms with Gasteiger partial charge in [0.2, 0.25) is 5.75 Å². The molecule has 1 aromatic carbocycles. The van der Waals surface area contributed by atoms with Crippen molar-refractivity contribution in [2.75, 3.05) is 13.2 Å². The van der Waals surface area contributed by atoms with Crippen molar-refractivity contribution in [2.24, 2.45) is 0 Å². The molecule has 0 bridgehead atoms.